The highest BCUT2D eigenvalue weighted by atomic mass is 16.5. The van der Waals surface area contributed by atoms with Gasteiger partial charge in [0.15, 0.2) is 11.4 Å². The zero-order valence-corrected chi connectivity index (χ0v) is 9.89. The van der Waals surface area contributed by atoms with Crippen LogP contribution in [-0.2, 0) is 16.1 Å². The maximum atomic E-state index is 11.5. The maximum Gasteiger partial charge on any atom is 0.313 e. The number of methoxy groups -OCH3 is 1. The summed E-state index contributed by atoms with van der Waals surface area (Å²) in [5.41, 5.74) is -0.564. The van der Waals surface area contributed by atoms with Gasteiger partial charge in [0.05, 0.1) is 18.9 Å². The molecule has 0 saturated heterocycles. The molecule has 88 valence electrons. The van der Waals surface area contributed by atoms with Crippen LogP contribution in [-0.4, -0.2) is 22.6 Å². The minimum Gasteiger partial charge on any atom is -0.469 e. The molecular formula is C11H12N4O2. The fraction of sp³-hybridized carbons (Fsp3) is 0.455. The second-order valence-electron chi connectivity index (χ2n) is 4.17. The fourth-order valence-corrected chi connectivity index (χ4v) is 1.47. The lowest BCUT2D eigenvalue weighted by Gasteiger charge is -2.21. The Hall–Kier alpha value is -2.34. The van der Waals surface area contributed by atoms with Crippen molar-refractivity contribution in [2.24, 2.45) is 5.41 Å². The Morgan fingerprint density at radius 2 is 2.18 bits per heavy atom. The van der Waals surface area contributed by atoms with Gasteiger partial charge in [-0.3, -0.25) is 4.79 Å². The first-order valence-electron chi connectivity index (χ1n) is 4.90. The second-order valence-corrected chi connectivity index (χ2v) is 4.17. The molecule has 0 radical (unpaired) electrons. The van der Waals surface area contributed by atoms with Gasteiger partial charge >= 0.3 is 5.97 Å². The van der Waals surface area contributed by atoms with Gasteiger partial charge in [0.25, 0.3) is 0 Å². The molecule has 6 nitrogen and oxygen atoms in total. The number of nitriles is 2. The molecule has 0 amide bonds. The summed E-state index contributed by atoms with van der Waals surface area (Å²) in [6.07, 6.45) is 1.38. The summed E-state index contributed by atoms with van der Waals surface area (Å²) < 4.78 is 6.15. The van der Waals surface area contributed by atoms with E-state index in [0.717, 1.165) is 0 Å². The van der Waals surface area contributed by atoms with Crippen molar-refractivity contribution in [2.75, 3.05) is 7.11 Å². The van der Waals surface area contributed by atoms with E-state index in [1.54, 1.807) is 13.8 Å². The number of ether oxygens (including phenoxy) is 1. The third kappa shape index (κ3) is 2.43. The van der Waals surface area contributed by atoms with Crippen LogP contribution in [0.4, 0.5) is 0 Å². The largest absolute Gasteiger partial charge is 0.469 e. The predicted molar refractivity (Wildman–Crippen MR) is 57.5 cm³/mol. The standard InChI is InChI=1S/C11H12N4O2/c1-11(2,10(16)17-3)6-15-7-14-8(4-12)9(15)5-13/h7H,6H2,1-3H3. The van der Waals surface area contributed by atoms with Gasteiger partial charge in [-0.2, -0.15) is 10.5 Å². The van der Waals surface area contributed by atoms with Gasteiger partial charge in [0, 0.05) is 6.54 Å². The Balaban J connectivity index is 3.06. The summed E-state index contributed by atoms with van der Waals surface area (Å²) in [4.78, 5) is 15.3. The zero-order valence-electron chi connectivity index (χ0n) is 9.89. The van der Waals surface area contributed by atoms with Gasteiger partial charge in [0.2, 0.25) is 0 Å². The quantitative estimate of drug-likeness (QED) is 0.719. The van der Waals surface area contributed by atoms with Crippen LogP contribution in [0.15, 0.2) is 6.33 Å². The number of hydrogen-bond acceptors (Lipinski definition) is 5. The van der Waals surface area contributed by atoms with E-state index in [2.05, 4.69) is 9.72 Å². The van der Waals surface area contributed by atoms with E-state index in [9.17, 15) is 4.79 Å². The van der Waals surface area contributed by atoms with Gasteiger partial charge in [0.1, 0.15) is 12.1 Å². The smallest absolute Gasteiger partial charge is 0.313 e. The molecule has 1 rings (SSSR count). The fourth-order valence-electron chi connectivity index (χ4n) is 1.47. The SMILES string of the molecule is COC(=O)C(C)(C)Cn1cnc(C#N)c1C#N. The van der Waals surface area contributed by atoms with Crippen molar-refractivity contribution in [3.63, 3.8) is 0 Å². The molecule has 1 aromatic rings. The van der Waals surface area contributed by atoms with Gasteiger partial charge in [-0.15, -0.1) is 0 Å². The lowest BCUT2D eigenvalue weighted by molar-refractivity contribution is -0.151. The molecule has 0 aliphatic carbocycles. The molecule has 0 bridgehead atoms. The second kappa shape index (κ2) is 4.67. The van der Waals surface area contributed by atoms with Gasteiger partial charge < -0.3 is 9.30 Å². The van der Waals surface area contributed by atoms with E-state index in [0.29, 0.717) is 0 Å². The van der Waals surface area contributed by atoms with E-state index in [1.807, 2.05) is 12.1 Å². The summed E-state index contributed by atoms with van der Waals surface area (Å²) in [5.74, 6) is -0.381. The number of nitrogens with zero attached hydrogens (tertiary/aromatic N) is 4. The van der Waals surface area contributed by atoms with Crippen molar-refractivity contribution in [2.45, 2.75) is 20.4 Å². The Kier molecular flexibility index (Phi) is 3.49. The van der Waals surface area contributed by atoms with E-state index in [4.69, 9.17) is 10.5 Å². The number of imidazole rings is 1. The molecule has 0 fully saturated rings. The minimum atomic E-state index is -0.784. The van der Waals surface area contributed by atoms with Crippen LogP contribution >= 0.6 is 0 Å². The number of esters is 1. The van der Waals surface area contributed by atoms with E-state index < -0.39 is 5.41 Å². The maximum absolute atomic E-state index is 11.5. The molecule has 1 aromatic heterocycles. The number of aromatic nitrogens is 2. The monoisotopic (exact) mass is 232 g/mol. The summed E-state index contributed by atoms with van der Waals surface area (Å²) in [6.45, 7) is 3.63. The van der Waals surface area contributed by atoms with Crippen molar-refractivity contribution in [3.05, 3.63) is 17.7 Å². The van der Waals surface area contributed by atoms with E-state index >= 15 is 0 Å². The number of carbonyl (C=O) groups excluding carboxylic acids is 1. The van der Waals surface area contributed by atoms with Crippen molar-refractivity contribution in [1.29, 1.82) is 10.5 Å². The highest BCUT2D eigenvalue weighted by Gasteiger charge is 2.30. The first-order valence-corrected chi connectivity index (χ1v) is 4.90. The molecule has 0 aliphatic rings. The van der Waals surface area contributed by atoms with Crippen molar-refractivity contribution in [3.8, 4) is 12.1 Å². The minimum absolute atomic E-state index is 0.0631. The molecule has 1 heterocycles. The molecule has 0 unspecified atom stereocenters. The topological polar surface area (TPSA) is 91.7 Å². The van der Waals surface area contributed by atoms with E-state index in [1.165, 1.54) is 18.0 Å². The van der Waals surface area contributed by atoms with Crippen LogP contribution in [0.5, 0.6) is 0 Å². The normalized spacial score (nSPS) is 10.4. The Morgan fingerprint density at radius 1 is 1.53 bits per heavy atom. The highest BCUT2D eigenvalue weighted by Crippen LogP contribution is 2.21. The third-order valence-electron chi connectivity index (χ3n) is 2.35. The Morgan fingerprint density at radius 3 is 2.65 bits per heavy atom. The number of hydrogen-bond donors (Lipinski definition) is 0. The summed E-state index contributed by atoms with van der Waals surface area (Å²) in [7, 11) is 1.31. The molecule has 17 heavy (non-hydrogen) atoms. The van der Waals surface area contributed by atoms with Crippen molar-refractivity contribution < 1.29 is 9.53 Å². The summed E-state index contributed by atoms with van der Waals surface area (Å²) in [6, 6.07) is 3.73. The molecule has 0 aromatic carbocycles. The third-order valence-corrected chi connectivity index (χ3v) is 2.35. The molecular weight excluding hydrogens is 220 g/mol. The molecule has 0 atom stereocenters. The van der Waals surface area contributed by atoms with Gasteiger partial charge in [-0.05, 0) is 13.8 Å². The Labute approximate surface area is 99.0 Å². The van der Waals surface area contributed by atoms with Gasteiger partial charge in [-0.1, -0.05) is 0 Å². The molecule has 0 aliphatic heterocycles. The van der Waals surface area contributed by atoms with Crippen molar-refractivity contribution in [1.82, 2.24) is 9.55 Å². The zero-order chi connectivity index (χ0) is 13.1. The molecule has 6 heteroatoms. The molecule has 0 N–H and O–H groups in total. The first kappa shape index (κ1) is 12.7. The molecule has 0 saturated carbocycles. The number of rotatable bonds is 3. The Bertz CT molecular complexity index is 517. The van der Waals surface area contributed by atoms with Gasteiger partial charge in [-0.25, -0.2) is 4.98 Å². The first-order chi connectivity index (χ1) is 7.96. The average molecular weight is 232 g/mol. The summed E-state index contributed by atoms with van der Waals surface area (Å²) >= 11 is 0. The van der Waals surface area contributed by atoms with Crippen LogP contribution in [0.2, 0.25) is 0 Å². The van der Waals surface area contributed by atoms with Crippen molar-refractivity contribution >= 4 is 5.97 Å². The highest BCUT2D eigenvalue weighted by molar-refractivity contribution is 5.75. The van der Waals surface area contributed by atoms with Crippen LogP contribution in [0, 0.1) is 28.1 Å². The summed E-state index contributed by atoms with van der Waals surface area (Å²) in [5, 5.41) is 17.7. The predicted octanol–water partition coefficient (Wildman–Crippen LogP) is 0.826. The molecule has 0 spiro atoms. The lowest BCUT2D eigenvalue weighted by Crippen LogP contribution is -2.30. The van der Waals surface area contributed by atoms with Crippen LogP contribution in [0.1, 0.15) is 25.2 Å². The lowest BCUT2D eigenvalue weighted by atomic mass is 9.93. The van der Waals surface area contributed by atoms with Crippen LogP contribution in [0.25, 0.3) is 0 Å². The van der Waals surface area contributed by atoms with Crippen LogP contribution in [0.3, 0.4) is 0 Å². The van der Waals surface area contributed by atoms with Crippen LogP contribution < -0.4 is 0 Å². The average Bonchev–Trinajstić information content (AvgIpc) is 2.68. The van der Waals surface area contributed by atoms with E-state index in [-0.39, 0.29) is 23.9 Å². The number of carbonyl (C=O) groups is 1.